The van der Waals surface area contributed by atoms with Crippen molar-refractivity contribution in [2.45, 2.75) is 18.7 Å². The number of nitrogens with zero attached hydrogens (tertiary/aromatic N) is 3. The van der Waals surface area contributed by atoms with Gasteiger partial charge in [0.25, 0.3) is 0 Å². The number of aromatic nitrogens is 2. The Bertz CT molecular complexity index is 1210. The monoisotopic (exact) mass is 415 g/mol. The van der Waals surface area contributed by atoms with Gasteiger partial charge in [0.05, 0.1) is 34.7 Å². The number of carboxylic acid groups (broad SMARTS) is 1. The topological polar surface area (TPSA) is 102 Å². The third kappa shape index (κ3) is 3.52. The fraction of sp³-hybridized carbons (Fsp3) is 0.300. The van der Waals surface area contributed by atoms with E-state index in [-0.39, 0.29) is 23.5 Å². The summed E-state index contributed by atoms with van der Waals surface area (Å²) in [6.45, 7) is 5.08. The minimum atomic E-state index is -3.84. The van der Waals surface area contributed by atoms with Crippen molar-refractivity contribution in [1.29, 1.82) is 0 Å². The van der Waals surface area contributed by atoms with E-state index >= 15 is 0 Å². The predicted molar refractivity (Wildman–Crippen MR) is 107 cm³/mol. The number of carboxylic acids is 1. The lowest BCUT2D eigenvalue weighted by molar-refractivity contribution is 0.0696. The van der Waals surface area contributed by atoms with Gasteiger partial charge in [0.2, 0.25) is 10.0 Å². The zero-order valence-corrected chi connectivity index (χ0v) is 16.9. The molecule has 2 aromatic carbocycles. The smallest absolute Gasteiger partial charge is 0.335 e. The largest absolute Gasteiger partial charge is 0.478 e. The molecule has 1 fully saturated rings. The van der Waals surface area contributed by atoms with Crippen LogP contribution >= 0.6 is 0 Å². The molecule has 0 amide bonds. The molecule has 4 rings (SSSR count). The summed E-state index contributed by atoms with van der Waals surface area (Å²) in [6.07, 6.45) is 1.58. The molecule has 0 aliphatic carbocycles. The molecule has 29 heavy (non-hydrogen) atoms. The molecule has 3 aromatic rings. The lowest BCUT2D eigenvalue weighted by Crippen LogP contribution is -2.40. The highest BCUT2D eigenvalue weighted by Gasteiger charge is 2.28. The summed E-state index contributed by atoms with van der Waals surface area (Å²) in [5.74, 6) is -1.19. The molecule has 9 heteroatoms. The van der Waals surface area contributed by atoms with Gasteiger partial charge in [-0.2, -0.15) is 4.31 Å². The number of hydrogen-bond donors (Lipinski definition) is 1. The van der Waals surface area contributed by atoms with Gasteiger partial charge in [-0.15, -0.1) is 0 Å². The maximum atomic E-state index is 13.1. The Morgan fingerprint density at radius 1 is 1.07 bits per heavy atom. The van der Waals surface area contributed by atoms with Gasteiger partial charge in [0.15, 0.2) is 0 Å². The molecule has 0 bridgehead atoms. The number of morpholine rings is 1. The van der Waals surface area contributed by atoms with Gasteiger partial charge in [-0.3, -0.25) is 4.57 Å². The Morgan fingerprint density at radius 3 is 2.45 bits per heavy atom. The van der Waals surface area contributed by atoms with Crippen LogP contribution in [-0.2, 0) is 14.8 Å². The molecule has 2 heterocycles. The van der Waals surface area contributed by atoms with E-state index in [1.807, 2.05) is 26.0 Å². The normalized spacial score (nSPS) is 15.7. The highest BCUT2D eigenvalue weighted by atomic mass is 32.2. The number of ether oxygens (including phenoxy) is 1. The number of aromatic carboxylic acids is 1. The number of hydrogen-bond acceptors (Lipinski definition) is 5. The summed E-state index contributed by atoms with van der Waals surface area (Å²) >= 11 is 0. The van der Waals surface area contributed by atoms with Crippen LogP contribution in [0.4, 0.5) is 0 Å². The molecule has 0 radical (unpaired) electrons. The quantitative estimate of drug-likeness (QED) is 0.702. The zero-order valence-electron chi connectivity index (χ0n) is 16.1. The molecule has 1 aromatic heterocycles. The first-order valence-corrected chi connectivity index (χ1v) is 10.6. The highest BCUT2D eigenvalue weighted by Crippen LogP contribution is 2.26. The first kappa shape index (κ1) is 19.6. The van der Waals surface area contributed by atoms with Gasteiger partial charge < -0.3 is 9.84 Å². The minimum Gasteiger partial charge on any atom is -0.478 e. The van der Waals surface area contributed by atoms with Crippen LogP contribution in [0.5, 0.6) is 0 Å². The van der Waals surface area contributed by atoms with E-state index in [1.54, 1.807) is 10.9 Å². The molecular formula is C20H21N3O5S. The molecule has 8 nitrogen and oxygen atoms in total. The second kappa shape index (κ2) is 7.25. The number of fused-ring (bicyclic) bond motifs is 1. The van der Waals surface area contributed by atoms with Gasteiger partial charge >= 0.3 is 5.97 Å². The average Bonchev–Trinajstić information content (AvgIpc) is 3.11. The van der Waals surface area contributed by atoms with Crippen molar-refractivity contribution < 1.29 is 23.1 Å². The maximum Gasteiger partial charge on any atom is 0.335 e. The fourth-order valence-electron chi connectivity index (χ4n) is 3.40. The minimum absolute atomic E-state index is 0.0556. The van der Waals surface area contributed by atoms with Crippen molar-refractivity contribution in [2.75, 3.05) is 26.3 Å². The first-order chi connectivity index (χ1) is 13.8. The van der Waals surface area contributed by atoms with E-state index in [1.165, 1.54) is 22.5 Å². The summed E-state index contributed by atoms with van der Waals surface area (Å²) in [7, 11) is -3.84. The molecule has 0 saturated carbocycles. The van der Waals surface area contributed by atoms with Gasteiger partial charge in [-0.1, -0.05) is 0 Å². The van der Waals surface area contributed by atoms with Crippen molar-refractivity contribution in [3.63, 3.8) is 0 Å². The van der Waals surface area contributed by atoms with Gasteiger partial charge in [-0.05, 0) is 55.3 Å². The lowest BCUT2D eigenvalue weighted by atomic mass is 10.1. The maximum absolute atomic E-state index is 13.1. The summed E-state index contributed by atoms with van der Waals surface area (Å²) in [6, 6.07) is 8.06. The van der Waals surface area contributed by atoms with E-state index in [0.717, 1.165) is 22.2 Å². The van der Waals surface area contributed by atoms with Crippen molar-refractivity contribution in [1.82, 2.24) is 13.9 Å². The van der Waals surface area contributed by atoms with Crippen molar-refractivity contribution >= 4 is 27.0 Å². The van der Waals surface area contributed by atoms with Gasteiger partial charge in [0.1, 0.15) is 6.33 Å². The molecule has 1 aliphatic heterocycles. The van der Waals surface area contributed by atoms with E-state index in [9.17, 15) is 18.3 Å². The van der Waals surface area contributed by atoms with Crippen LogP contribution < -0.4 is 0 Å². The Labute approximate surface area is 168 Å². The van der Waals surface area contributed by atoms with Gasteiger partial charge in [0, 0.05) is 18.8 Å². The van der Waals surface area contributed by atoms with Crippen LogP contribution in [0.2, 0.25) is 0 Å². The number of rotatable bonds is 4. The second-order valence-electron chi connectivity index (χ2n) is 7.08. The highest BCUT2D eigenvalue weighted by molar-refractivity contribution is 7.89. The Morgan fingerprint density at radius 2 is 1.76 bits per heavy atom. The molecule has 1 N–H and O–H groups in total. The van der Waals surface area contributed by atoms with Crippen LogP contribution in [0.1, 0.15) is 21.5 Å². The Kier molecular flexibility index (Phi) is 4.89. The molecule has 0 unspecified atom stereocenters. The van der Waals surface area contributed by atoms with E-state index in [0.29, 0.717) is 18.9 Å². The second-order valence-corrected chi connectivity index (χ2v) is 9.01. The number of aryl methyl sites for hydroxylation is 2. The third-order valence-corrected chi connectivity index (χ3v) is 7.06. The molecular weight excluding hydrogens is 394 g/mol. The average molecular weight is 415 g/mol. The van der Waals surface area contributed by atoms with E-state index in [4.69, 9.17) is 4.74 Å². The van der Waals surface area contributed by atoms with Crippen molar-refractivity contribution in [3.05, 3.63) is 53.3 Å². The number of imidazole rings is 1. The zero-order chi connectivity index (χ0) is 20.8. The molecule has 1 saturated heterocycles. The Balaban J connectivity index is 1.89. The van der Waals surface area contributed by atoms with Crippen LogP contribution in [0.3, 0.4) is 0 Å². The SMILES string of the molecule is Cc1cc2ncn(-c3cc(C(=O)O)cc(S(=O)(=O)N4CCOCC4)c3)c2cc1C. The summed E-state index contributed by atoms with van der Waals surface area (Å²) in [5.41, 5.74) is 4.03. The molecule has 152 valence electrons. The molecule has 0 spiro atoms. The number of carbonyl (C=O) groups is 1. The van der Waals surface area contributed by atoms with Crippen molar-refractivity contribution in [2.24, 2.45) is 0 Å². The lowest BCUT2D eigenvalue weighted by Gasteiger charge is -2.26. The van der Waals surface area contributed by atoms with E-state index < -0.39 is 16.0 Å². The van der Waals surface area contributed by atoms with Gasteiger partial charge in [-0.25, -0.2) is 18.2 Å². The number of benzene rings is 2. The van der Waals surface area contributed by atoms with Crippen LogP contribution in [-0.4, -0.2) is 59.7 Å². The summed E-state index contributed by atoms with van der Waals surface area (Å²) in [4.78, 5) is 16.0. The predicted octanol–water partition coefficient (Wildman–Crippen LogP) is 2.36. The standard InChI is InChI=1S/C20H21N3O5S/c1-13-7-18-19(8-14(13)2)23(12-21-18)16-9-15(20(24)25)10-17(11-16)29(26,27)22-3-5-28-6-4-22/h7-12H,3-6H2,1-2H3,(H,24,25). The van der Waals surface area contributed by atoms with Crippen LogP contribution in [0, 0.1) is 13.8 Å². The van der Waals surface area contributed by atoms with Crippen molar-refractivity contribution in [3.8, 4) is 5.69 Å². The fourth-order valence-corrected chi connectivity index (χ4v) is 4.87. The molecule has 1 aliphatic rings. The number of sulfonamides is 1. The Hall–Kier alpha value is -2.75. The van der Waals surface area contributed by atoms with E-state index in [2.05, 4.69) is 4.98 Å². The van der Waals surface area contributed by atoms with Crippen LogP contribution in [0.15, 0.2) is 41.6 Å². The van der Waals surface area contributed by atoms with Crippen LogP contribution in [0.25, 0.3) is 16.7 Å². The summed E-state index contributed by atoms with van der Waals surface area (Å²) < 4.78 is 34.5. The third-order valence-electron chi connectivity index (χ3n) is 5.19. The summed E-state index contributed by atoms with van der Waals surface area (Å²) in [5, 5.41) is 9.55. The first-order valence-electron chi connectivity index (χ1n) is 9.18. The molecule has 0 atom stereocenters.